The van der Waals surface area contributed by atoms with Crippen LogP contribution in [0.4, 0.5) is 0 Å². The normalized spacial score (nSPS) is 11.3. The molecular formula is C31H23N. The second-order valence-corrected chi connectivity index (χ2v) is 8.37. The Morgan fingerprint density at radius 1 is 0.438 bits per heavy atom. The van der Waals surface area contributed by atoms with Crippen molar-refractivity contribution < 1.29 is 0 Å². The molecule has 0 N–H and O–H groups in total. The second-order valence-electron chi connectivity index (χ2n) is 8.37. The van der Waals surface area contributed by atoms with Crippen LogP contribution in [0, 0.1) is 6.92 Å². The lowest BCUT2D eigenvalue weighted by atomic mass is 10.0. The zero-order valence-corrected chi connectivity index (χ0v) is 18.0. The molecule has 5 aromatic carbocycles. The molecular weight excluding hydrogens is 386 g/mol. The van der Waals surface area contributed by atoms with Crippen LogP contribution in [-0.2, 0) is 0 Å². The van der Waals surface area contributed by atoms with E-state index >= 15 is 0 Å². The molecule has 6 rings (SSSR count). The van der Waals surface area contributed by atoms with Crippen LogP contribution in [-0.4, -0.2) is 4.57 Å². The van der Waals surface area contributed by atoms with Crippen molar-refractivity contribution in [3.05, 3.63) is 127 Å². The maximum Gasteiger partial charge on any atom is 0.0541 e. The van der Waals surface area contributed by atoms with Crippen LogP contribution in [0.2, 0.25) is 0 Å². The zero-order valence-electron chi connectivity index (χ0n) is 18.0. The second kappa shape index (κ2) is 7.55. The predicted octanol–water partition coefficient (Wildman–Crippen LogP) is 8.43. The summed E-state index contributed by atoms with van der Waals surface area (Å²) >= 11 is 0. The molecule has 6 aromatic rings. The summed E-state index contributed by atoms with van der Waals surface area (Å²) in [5, 5.41) is 2.56. The smallest absolute Gasteiger partial charge is 0.0541 e. The highest BCUT2D eigenvalue weighted by molar-refractivity contribution is 6.11. The molecule has 0 saturated carbocycles. The van der Waals surface area contributed by atoms with Gasteiger partial charge in [-0.15, -0.1) is 0 Å². The topological polar surface area (TPSA) is 4.93 Å². The molecule has 152 valence electrons. The van der Waals surface area contributed by atoms with Crippen molar-refractivity contribution in [2.24, 2.45) is 0 Å². The number of rotatable bonds is 3. The highest BCUT2D eigenvalue weighted by atomic mass is 15.0. The largest absolute Gasteiger partial charge is 0.309 e. The summed E-state index contributed by atoms with van der Waals surface area (Å²) in [7, 11) is 0. The van der Waals surface area contributed by atoms with Gasteiger partial charge in [-0.2, -0.15) is 0 Å². The number of hydrogen-bond donors (Lipinski definition) is 0. The SMILES string of the molecule is Cc1cccc(-n2c3ccc(-c4ccccc4)cc3c3cc(-c4ccccc4)ccc32)c1. The Bertz CT molecular complexity index is 1460. The van der Waals surface area contributed by atoms with Gasteiger partial charge in [-0.1, -0.05) is 84.9 Å². The first-order valence-electron chi connectivity index (χ1n) is 11.0. The summed E-state index contributed by atoms with van der Waals surface area (Å²) in [5.74, 6) is 0. The van der Waals surface area contributed by atoms with Crippen LogP contribution < -0.4 is 0 Å². The summed E-state index contributed by atoms with van der Waals surface area (Å²) in [6, 6.07) is 43.7. The van der Waals surface area contributed by atoms with Crippen molar-refractivity contribution in [1.82, 2.24) is 4.57 Å². The molecule has 1 heteroatoms. The molecule has 1 aromatic heterocycles. The predicted molar refractivity (Wildman–Crippen MR) is 136 cm³/mol. The standard InChI is InChI=1S/C31H23N/c1-22-9-8-14-27(19-22)32-30-17-15-25(23-10-4-2-5-11-23)20-28(30)29-21-26(16-18-31(29)32)24-12-6-3-7-13-24/h2-21H,1H3. The Morgan fingerprint density at radius 3 is 1.47 bits per heavy atom. The fourth-order valence-corrected chi connectivity index (χ4v) is 4.69. The van der Waals surface area contributed by atoms with Gasteiger partial charge in [0.15, 0.2) is 0 Å². The molecule has 0 fully saturated rings. The Kier molecular flexibility index (Phi) is 4.40. The van der Waals surface area contributed by atoms with Gasteiger partial charge in [0.05, 0.1) is 11.0 Å². The van der Waals surface area contributed by atoms with E-state index in [0.717, 1.165) is 0 Å². The van der Waals surface area contributed by atoms with Crippen LogP contribution in [0.25, 0.3) is 49.7 Å². The molecule has 32 heavy (non-hydrogen) atoms. The van der Waals surface area contributed by atoms with Gasteiger partial charge in [-0.05, 0) is 71.1 Å². The number of nitrogens with zero attached hydrogens (tertiary/aromatic N) is 1. The minimum Gasteiger partial charge on any atom is -0.309 e. The van der Waals surface area contributed by atoms with E-state index in [-0.39, 0.29) is 0 Å². The van der Waals surface area contributed by atoms with Crippen molar-refractivity contribution in [3.63, 3.8) is 0 Å². The van der Waals surface area contributed by atoms with E-state index in [2.05, 4.69) is 133 Å². The van der Waals surface area contributed by atoms with Gasteiger partial charge >= 0.3 is 0 Å². The van der Waals surface area contributed by atoms with Crippen LogP contribution in [0.15, 0.2) is 121 Å². The summed E-state index contributed by atoms with van der Waals surface area (Å²) in [6.07, 6.45) is 0. The summed E-state index contributed by atoms with van der Waals surface area (Å²) < 4.78 is 2.39. The molecule has 0 spiro atoms. The van der Waals surface area contributed by atoms with Gasteiger partial charge in [-0.25, -0.2) is 0 Å². The van der Waals surface area contributed by atoms with E-state index in [1.807, 2.05) is 0 Å². The molecule has 0 saturated heterocycles. The van der Waals surface area contributed by atoms with Crippen molar-refractivity contribution in [1.29, 1.82) is 0 Å². The summed E-state index contributed by atoms with van der Waals surface area (Å²) in [4.78, 5) is 0. The lowest BCUT2D eigenvalue weighted by Crippen LogP contribution is -1.94. The summed E-state index contributed by atoms with van der Waals surface area (Å²) in [6.45, 7) is 2.15. The lowest BCUT2D eigenvalue weighted by Gasteiger charge is -2.09. The molecule has 0 aliphatic carbocycles. The van der Waals surface area contributed by atoms with Crippen LogP contribution in [0.3, 0.4) is 0 Å². The first kappa shape index (κ1) is 18.7. The van der Waals surface area contributed by atoms with Gasteiger partial charge in [0, 0.05) is 16.5 Å². The molecule has 0 atom stereocenters. The third-order valence-electron chi connectivity index (χ3n) is 6.24. The highest BCUT2D eigenvalue weighted by Gasteiger charge is 2.14. The van der Waals surface area contributed by atoms with Crippen LogP contribution >= 0.6 is 0 Å². The van der Waals surface area contributed by atoms with E-state index in [1.165, 1.54) is 55.3 Å². The van der Waals surface area contributed by atoms with E-state index in [4.69, 9.17) is 0 Å². The monoisotopic (exact) mass is 409 g/mol. The lowest BCUT2D eigenvalue weighted by molar-refractivity contribution is 1.17. The third-order valence-corrected chi connectivity index (χ3v) is 6.24. The van der Waals surface area contributed by atoms with Crippen molar-refractivity contribution in [3.8, 4) is 27.9 Å². The number of fused-ring (bicyclic) bond motifs is 3. The van der Waals surface area contributed by atoms with Gasteiger partial charge in [0.25, 0.3) is 0 Å². The molecule has 0 aliphatic heterocycles. The minimum atomic E-state index is 1.20. The van der Waals surface area contributed by atoms with E-state index < -0.39 is 0 Å². The average Bonchev–Trinajstić information content (AvgIpc) is 3.18. The maximum absolute atomic E-state index is 2.39. The first-order chi connectivity index (χ1) is 15.8. The molecule has 0 unspecified atom stereocenters. The Morgan fingerprint density at radius 2 is 0.969 bits per heavy atom. The van der Waals surface area contributed by atoms with Crippen LogP contribution in [0.5, 0.6) is 0 Å². The quantitative estimate of drug-likeness (QED) is 0.276. The zero-order chi connectivity index (χ0) is 21.5. The number of aromatic nitrogens is 1. The Labute approximate surface area is 188 Å². The van der Waals surface area contributed by atoms with E-state index in [0.29, 0.717) is 0 Å². The van der Waals surface area contributed by atoms with Crippen molar-refractivity contribution in [2.75, 3.05) is 0 Å². The van der Waals surface area contributed by atoms with Crippen LogP contribution in [0.1, 0.15) is 5.56 Å². The molecule has 0 amide bonds. The Hall–Kier alpha value is -4.10. The maximum atomic E-state index is 2.39. The van der Waals surface area contributed by atoms with E-state index in [1.54, 1.807) is 0 Å². The van der Waals surface area contributed by atoms with Crippen molar-refractivity contribution >= 4 is 21.8 Å². The number of aryl methyl sites for hydroxylation is 1. The summed E-state index contributed by atoms with van der Waals surface area (Å²) in [5.41, 5.74) is 9.89. The minimum absolute atomic E-state index is 1.20. The first-order valence-corrected chi connectivity index (χ1v) is 11.0. The fourth-order valence-electron chi connectivity index (χ4n) is 4.69. The van der Waals surface area contributed by atoms with Gasteiger partial charge in [0.2, 0.25) is 0 Å². The van der Waals surface area contributed by atoms with Gasteiger partial charge < -0.3 is 4.57 Å². The fraction of sp³-hybridized carbons (Fsp3) is 0.0323. The Balaban J connectivity index is 1.68. The molecule has 1 nitrogen and oxygen atoms in total. The molecule has 0 radical (unpaired) electrons. The number of benzene rings is 5. The van der Waals surface area contributed by atoms with Crippen molar-refractivity contribution in [2.45, 2.75) is 6.92 Å². The molecule has 1 heterocycles. The van der Waals surface area contributed by atoms with Gasteiger partial charge in [-0.3, -0.25) is 0 Å². The van der Waals surface area contributed by atoms with E-state index in [9.17, 15) is 0 Å². The molecule has 0 bridgehead atoms. The average molecular weight is 410 g/mol. The van der Waals surface area contributed by atoms with Gasteiger partial charge in [0.1, 0.15) is 0 Å². The molecule has 0 aliphatic rings. The highest BCUT2D eigenvalue weighted by Crippen LogP contribution is 2.37. The number of hydrogen-bond acceptors (Lipinski definition) is 0. The third kappa shape index (κ3) is 3.11.